The van der Waals surface area contributed by atoms with Crippen LogP contribution in [-0.4, -0.2) is 51.1 Å². The van der Waals surface area contributed by atoms with E-state index < -0.39 is 0 Å². The lowest BCUT2D eigenvalue weighted by Gasteiger charge is -2.18. The first-order valence-corrected chi connectivity index (χ1v) is 6.87. The topological polar surface area (TPSA) is 56.8 Å². The molecule has 2 atom stereocenters. The lowest BCUT2D eigenvalue weighted by molar-refractivity contribution is -0.146. The maximum atomic E-state index is 11.7. The van der Waals surface area contributed by atoms with E-state index in [2.05, 4.69) is 12.2 Å². The number of nitrogens with one attached hydrogen (secondary N) is 1. The van der Waals surface area contributed by atoms with Gasteiger partial charge < -0.3 is 19.5 Å². The molecule has 1 N–H and O–H groups in total. The predicted octanol–water partition coefficient (Wildman–Crippen LogP) is 1.11. The fourth-order valence-corrected chi connectivity index (χ4v) is 1.86. The molecule has 1 aliphatic rings. The van der Waals surface area contributed by atoms with E-state index in [1.807, 2.05) is 6.92 Å². The van der Waals surface area contributed by atoms with E-state index in [0.717, 1.165) is 26.0 Å². The quantitative estimate of drug-likeness (QED) is 0.629. The summed E-state index contributed by atoms with van der Waals surface area (Å²) in [6.45, 7) is 7.14. The van der Waals surface area contributed by atoms with E-state index in [0.29, 0.717) is 26.2 Å². The smallest absolute Gasteiger partial charge is 0.323 e. The Morgan fingerprint density at radius 3 is 2.94 bits per heavy atom. The molecule has 0 bridgehead atoms. The molecule has 1 fully saturated rings. The number of carbonyl (C=O) groups is 1. The Hall–Kier alpha value is -0.650. The van der Waals surface area contributed by atoms with Gasteiger partial charge in [-0.1, -0.05) is 6.92 Å². The van der Waals surface area contributed by atoms with Gasteiger partial charge in [0, 0.05) is 13.2 Å². The highest BCUT2D eigenvalue weighted by atomic mass is 16.5. The van der Waals surface area contributed by atoms with Crippen molar-refractivity contribution in [1.29, 1.82) is 0 Å². The van der Waals surface area contributed by atoms with Crippen molar-refractivity contribution in [2.75, 3.05) is 33.0 Å². The summed E-state index contributed by atoms with van der Waals surface area (Å²) in [6, 6.07) is -0.257. The highest BCUT2D eigenvalue weighted by Gasteiger charge is 2.21. The van der Waals surface area contributed by atoms with Crippen LogP contribution in [0.4, 0.5) is 0 Å². The standard InChI is InChI=1S/C13H25NO4/c1-3-7-14-12(13(15)17-4-2)6-9-18-11-5-8-16-10-11/h11-12,14H,3-10H2,1-2H3. The molecule has 1 rings (SSSR count). The molecule has 106 valence electrons. The molecule has 18 heavy (non-hydrogen) atoms. The Labute approximate surface area is 109 Å². The van der Waals surface area contributed by atoms with Crippen LogP contribution < -0.4 is 5.32 Å². The van der Waals surface area contributed by atoms with Crippen LogP contribution in [-0.2, 0) is 19.0 Å². The van der Waals surface area contributed by atoms with Gasteiger partial charge in [0.15, 0.2) is 0 Å². The predicted molar refractivity (Wildman–Crippen MR) is 68.5 cm³/mol. The molecule has 0 saturated carbocycles. The van der Waals surface area contributed by atoms with Crippen LogP contribution in [0.2, 0.25) is 0 Å². The van der Waals surface area contributed by atoms with Crippen LogP contribution in [0.5, 0.6) is 0 Å². The maximum absolute atomic E-state index is 11.7. The molecule has 0 aromatic carbocycles. The monoisotopic (exact) mass is 259 g/mol. The fourth-order valence-electron chi connectivity index (χ4n) is 1.86. The number of hydrogen-bond acceptors (Lipinski definition) is 5. The van der Waals surface area contributed by atoms with Gasteiger partial charge in [0.2, 0.25) is 0 Å². The molecule has 0 aromatic heterocycles. The van der Waals surface area contributed by atoms with Crippen molar-refractivity contribution in [1.82, 2.24) is 5.32 Å². The fraction of sp³-hybridized carbons (Fsp3) is 0.923. The summed E-state index contributed by atoms with van der Waals surface area (Å²) in [7, 11) is 0. The van der Waals surface area contributed by atoms with Crippen LogP contribution in [0.3, 0.4) is 0 Å². The minimum Gasteiger partial charge on any atom is -0.465 e. The number of esters is 1. The second-order valence-electron chi connectivity index (χ2n) is 4.40. The summed E-state index contributed by atoms with van der Waals surface area (Å²) in [6.07, 6.45) is 2.79. The van der Waals surface area contributed by atoms with E-state index in [-0.39, 0.29) is 18.1 Å². The highest BCUT2D eigenvalue weighted by Crippen LogP contribution is 2.09. The minimum atomic E-state index is -0.257. The number of hydrogen-bond donors (Lipinski definition) is 1. The van der Waals surface area contributed by atoms with Gasteiger partial charge in [-0.25, -0.2) is 0 Å². The van der Waals surface area contributed by atoms with Crippen molar-refractivity contribution in [2.24, 2.45) is 0 Å². The van der Waals surface area contributed by atoms with E-state index in [1.54, 1.807) is 0 Å². The largest absolute Gasteiger partial charge is 0.465 e. The third-order valence-corrected chi connectivity index (χ3v) is 2.86. The van der Waals surface area contributed by atoms with E-state index in [9.17, 15) is 4.79 Å². The Morgan fingerprint density at radius 2 is 2.33 bits per heavy atom. The third-order valence-electron chi connectivity index (χ3n) is 2.86. The molecule has 1 aliphatic heterocycles. The van der Waals surface area contributed by atoms with Gasteiger partial charge in [-0.15, -0.1) is 0 Å². The summed E-state index contributed by atoms with van der Waals surface area (Å²) < 4.78 is 15.9. The lowest BCUT2D eigenvalue weighted by atomic mass is 10.2. The molecule has 1 saturated heterocycles. The second kappa shape index (κ2) is 9.30. The van der Waals surface area contributed by atoms with Crippen LogP contribution in [0.1, 0.15) is 33.1 Å². The minimum absolute atomic E-state index is 0.183. The first kappa shape index (κ1) is 15.4. The molecule has 1 heterocycles. The SMILES string of the molecule is CCCNC(CCOC1CCOC1)C(=O)OCC. The molecule has 0 aromatic rings. The highest BCUT2D eigenvalue weighted by molar-refractivity contribution is 5.75. The van der Waals surface area contributed by atoms with Crippen molar-refractivity contribution in [3.05, 3.63) is 0 Å². The zero-order valence-corrected chi connectivity index (χ0v) is 11.4. The lowest BCUT2D eigenvalue weighted by Crippen LogP contribution is -2.39. The Bertz CT molecular complexity index is 229. The van der Waals surface area contributed by atoms with E-state index in [1.165, 1.54) is 0 Å². The first-order chi connectivity index (χ1) is 8.77. The van der Waals surface area contributed by atoms with Gasteiger partial charge in [0.1, 0.15) is 6.04 Å². The van der Waals surface area contributed by atoms with Gasteiger partial charge in [-0.05, 0) is 32.7 Å². The van der Waals surface area contributed by atoms with Crippen LogP contribution in [0.15, 0.2) is 0 Å². The molecule has 5 heteroatoms. The summed E-state index contributed by atoms with van der Waals surface area (Å²) in [4.78, 5) is 11.7. The average molecular weight is 259 g/mol. The van der Waals surface area contributed by atoms with Gasteiger partial charge in [0.05, 0.1) is 19.3 Å². The molecule has 0 spiro atoms. The first-order valence-electron chi connectivity index (χ1n) is 6.87. The van der Waals surface area contributed by atoms with E-state index >= 15 is 0 Å². The van der Waals surface area contributed by atoms with Crippen molar-refractivity contribution in [3.63, 3.8) is 0 Å². The summed E-state index contributed by atoms with van der Waals surface area (Å²) >= 11 is 0. The zero-order valence-electron chi connectivity index (χ0n) is 11.4. The van der Waals surface area contributed by atoms with Gasteiger partial charge in [-0.2, -0.15) is 0 Å². The van der Waals surface area contributed by atoms with Crippen molar-refractivity contribution >= 4 is 5.97 Å². The van der Waals surface area contributed by atoms with Gasteiger partial charge >= 0.3 is 5.97 Å². The Kier molecular flexibility index (Phi) is 7.96. The normalized spacial score (nSPS) is 20.9. The Balaban J connectivity index is 2.23. The van der Waals surface area contributed by atoms with E-state index in [4.69, 9.17) is 14.2 Å². The average Bonchev–Trinajstić information content (AvgIpc) is 2.86. The molecule has 0 radical (unpaired) electrons. The molecule has 0 amide bonds. The van der Waals surface area contributed by atoms with Gasteiger partial charge in [0.25, 0.3) is 0 Å². The molecular formula is C13H25NO4. The number of carbonyl (C=O) groups excluding carboxylic acids is 1. The number of ether oxygens (including phenoxy) is 3. The van der Waals surface area contributed by atoms with Gasteiger partial charge in [-0.3, -0.25) is 4.79 Å². The van der Waals surface area contributed by atoms with Crippen molar-refractivity contribution in [3.8, 4) is 0 Å². The van der Waals surface area contributed by atoms with Crippen LogP contribution in [0, 0.1) is 0 Å². The van der Waals surface area contributed by atoms with Crippen molar-refractivity contribution < 1.29 is 19.0 Å². The Morgan fingerprint density at radius 1 is 1.50 bits per heavy atom. The summed E-state index contributed by atoms with van der Waals surface area (Å²) in [5, 5.41) is 3.19. The molecule has 5 nitrogen and oxygen atoms in total. The molecule has 0 aliphatic carbocycles. The van der Waals surface area contributed by atoms with Crippen molar-refractivity contribution in [2.45, 2.75) is 45.3 Å². The molecule has 2 unspecified atom stereocenters. The summed E-state index contributed by atoms with van der Waals surface area (Å²) in [5.74, 6) is -0.183. The van der Waals surface area contributed by atoms with Crippen LogP contribution in [0.25, 0.3) is 0 Å². The summed E-state index contributed by atoms with van der Waals surface area (Å²) in [5.41, 5.74) is 0. The molecular weight excluding hydrogens is 234 g/mol. The maximum Gasteiger partial charge on any atom is 0.323 e. The third kappa shape index (κ3) is 5.80. The zero-order chi connectivity index (χ0) is 13.2. The van der Waals surface area contributed by atoms with Crippen LogP contribution >= 0.6 is 0 Å². The number of rotatable bonds is 9. The second-order valence-corrected chi connectivity index (χ2v) is 4.40.